The molecule has 0 aromatic rings. The van der Waals surface area contributed by atoms with Crippen LogP contribution >= 0.6 is 11.8 Å². The number of Topliss-reactive ketones (excluding diaryl/α,β-unsaturated/α-hetero) is 2. The fraction of sp³-hybridized carbons (Fsp3) is 0.789. The summed E-state index contributed by atoms with van der Waals surface area (Å²) in [4.78, 5) is 54.0. The van der Waals surface area contributed by atoms with Gasteiger partial charge in [-0.2, -0.15) is 0 Å². The lowest BCUT2D eigenvalue weighted by Crippen LogP contribution is -2.71. The number of nitrogens with zero attached hydrogens (tertiary/aromatic N) is 2. The van der Waals surface area contributed by atoms with E-state index < -0.39 is 47.0 Å². The van der Waals surface area contributed by atoms with E-state index >= 15 is 0 Å². The average Bonchev–Trinajstić information content (AvgIpc) is 3.25. The third-order valence-corrected chi connectivity index (χ3v) is 8.77. The summed E-state index contributed by atoms with van der Waals surface area (Å²) in [5.74, 6) is -1.68. The van der Waals surface area contributed by atoms with Crippen LogP contribution in [0.25, 0.3) is 0 Å². The maximum Gasteiger partial charge on any atom is 0.260 e. The number of piperazine rings is 1. The van der Waals surface area contributed by atoms with Crippen LogP contribution in [0, 0.1) is 11.8 Å². The normalized spacial score (nSPS) is 47.8. The van der Waals surface area contributed by atoms with Crippen LogP contribution in [-0.4, -0.2) is 84.9 Å². The molecule has 9 heteroatoms. The molecule has 2 N–H and O–H groups in total. The molecule has 152 valence electrons. The van der Waals surface area contributed by atoms with Crippen LogP contribution in [0.5, 0.6) is 0 Å². The number of carbonyl (C=O) groups excluding carboxylic acids is 4. The smallest absolute Gasteiger partial charge is 0.260 e. The van der Waals surface area contributed by atoms with Crippen molar-refractivity contribution in [3.63, 3.8) is 0 Å². The van der Waals surface area contributed by atoms with Gasteiger partial charge >= 0.3 is 0 Å². The van der Waals surface area contributed by atoms with Crippen LogP contribution in [0.4, 0.5) is 0 Å². The first-order valence-corrected chi connectivity index (χ1v) is 11.2. The van der Waals surface area contributed by atoms with Crippen LogP contribution < -0.4 is 0 Å². The Morgan fingerprint density at radius 3 is 2.21 bits per heavy atom. The fourth-order valence-corrected chi connectivity index (χ4v) is 7.32. The van der Waals surface area contributed by atoms with Gasteiger partial charge in [-0.3, -0.25) is 19.2 Å². The quantitative estimate of drug-likeness (QED) is 0.590. The summed E-state index contributed by atoms with van der Waals surface area (Å²) in [5, 5.41) is 21.2. The molecular weight excluding hydrogens is 384 g/mol. The molecule has 5 aliphatic rings. The van der Waals surface area contributed by atoms with Gasteiger partial charge in [0.25, 0.3) is 5.91 Å². The molecule has 8 nitrogen and oxygen atoms in total. The second-order valence-corrected chi connectivity index (χ2v) is 9.79. The van der Waals surface area contributed by atoms with Crippen LogP contribution in [0.2, 0.25) is 0 Å². The van der Waals surface area contributed by atoms with Gasteiger partial charge in [0.05, 0.1) is 24.3 Å². The van der Waals surface area contributed by atoms with Crippen molar-refractivity contribution in [2.45, 2.75) is 73.7 Å². The molecule has 3 heterocycles. The second kappa shape index (κ2) is 6.03. The van der Waals surface area contributed by atoms with Gasteiger partial charge in [-0.1, -0.05) is 0 Å². The summed E-state index contributed by atoms with van der Waals surface area (Å²) in [6, 6.07) is -2.16. The number of hydrogen-bond donors (Lipinski definition) is 2. The molecule has 3 aliphatic heterocycles. The van der Waals surface area contributed by atoms with Crippen molar-refractivity contribution < 1.29 is 29.4 Å². The number of hydrogen-bond acceptors (Lipinski definition) is 7. The first kappa shape index (κ1) is 18.6. The predicted octanol–water partition coefficient (Wildman–Crippen LogP) is -0.690. The van der Waals surface area contributed by atoms with Gasteiger partial charge in [-0.15, -0.1) is 11.8 Å². The number of amides is 2. The minimum atomic E-state index is -1.25. The Morgan fingerprint density at radius 1 is 0.964 bits per heavy atom. The highest BCUT2D eigenvalue weighted by Crippen LogP contribution is 2.55. The van der Waals surface area contributed by atoms with Crippen molar-refractivity contribution in [2.24, 2.45) is 11.8 Å². The molecule has 0 unspecified atom stereocenters. The lowest BCUT2D eigenvalue weighted by atomic mass is 9.80. The summed E-state index contributed by atoms with van der Waals surface area (Å²) >= 11 is 1.22. The molecule has 5 rings (SSSR count). The van der Waals surface area contributed by atoms with Gasteiger partial charge in [0, 0.05) is 31.1 Å². The van der Waals surface area contributed by atoms with Crippen molar-refractivity contribution in [1.82, 2.24) is 9.80 Å². The van der Waals surface area contributed by atoms with Gasteiger partial charge in [0.2, 0.25) is 5.91 Å². The summed E-state index contributed by atoms with van der Waals surface area (Å²) in [6.07, 6.45) is 1.58. The van der Waals surface area contributed by atoms with Crippen molar-refractivity contribution in [1.29, 1.82) is 0 Å². The second-order valence-electron chi connectivity index (χ2n) is 8.70. The van der Waals surface area contributed by atoms with Gasteiger partial charge in [-0.05, 0) is 25.5 Å². The van der Waals surface area contributed by atoms with Crippen LogP contribution in [-0.2, 0) is 19.2 Å². The maximum absolute atomic E-state index is 13.7. The molecule has 3 saturated heterocycles. The zero-order valence-electron chi connectivity index (χ0n) is 15.6. The lowest BCUT2D eigenvalue weighted by Gasteiger charge is -2.50. The van der Waals surface area contributed by atoms with Gasteiger partial charge < -0.3 is 20.0 Å². The standard InChI is InChI=1S/C19H24N2O6S/c1-28-19-7-9-12(23)3-5-14(25)16(9)21(19)17(26)10-6-8-11(22)2-4-13(24)15(8)20(10)18(19)27/h8-10,13-16,24-25H,2-7H2,1H3/t8-,9+,10+,13+,14+,15+,16+,19-/m1/s1. The summed E-state index contributed by atoms with van der Waals surface area (Å²) in [6.45, 7) is 0. The zero-order valence-corrected chi connectivity index (χ0v) is 16.4. The van der Waals surface area contributed by atoms with Crippen LogP contribution in [0.3, 0.4) is 0 Å². The van der Waals surface area contributed by atoms with E-state index in [1.165, 1.54) is 21.6 Å². The maximum atomic E-state index is 13.7. The third-order valence-electron chi connectivity index (χ3n) is 7.56. The van der Waals surface area contributed by atoms with Crippen molar-refractivity contribution in [3.05, 3.63) is 0 Å². The molecule has 5 fully saturated rings. The molecule has 0 radical (unpaired) electrons. The number of rotatable bonds is 1. The number of carbonyl (C=O) groups is 4. The Labute approximate surface area is 166 Å². The van der Waals surface area contributed by atoms with Gasteiger partial charge in [0.15, 0.2) is 4.87 Å². The molecule has 2 aliphatic carbocycles. The molecule has 0 bridgehead atoms. The van der Waals surface area contributed by atoms with Crippen molar-refractivity contribution in [3.8, 4) is 0 Å². The van der Waals surface area contributed by atoms with E-state index in [-0.39, 0.29) is 49.1 Å². The number of aliphatic hydroxyl groups is 2. The van der Waals surface area contributed by atoms with Crippen LogP contribution in [0.1, 0.15) is 38.5 Å². The highest BCUT2D eigenvalue weighted by Gasteiger charge is 2.70. The fourth-order valence-electron chi connectivity index (χ4n) is 6.29. The minimum absolute atomic E-state index is 0.00517. The molecule has 0 spiro atoms. The Balaban J connectivity index is 1.61. The van der Waals surface area contributed by atoms with Gasteiger partial charge in [-0.25, -0.2) is 0 Å². The van der Waals surface area contributed by atoms with Crippen molar-refractivity contribution in [2.75, 3.05) is 6.26 Å². The molecule has 0 aromatic carbocycles. The highest BCUT2D eigenvalue weighted by atomic mass is 32.2. The number of ketones is 2. The first-order valence-electron chi connectivity index (χ1n) is 9.94. The van der Waals surface area contributed by atoms with Gasteiger partial charge in [0.1, 0.15) is 17.6 Å². The molecule has 8 atom stereocenters. The first-order chi connectivity index (χ1) is 13.3. The predicted molar refractivity (Wildman–Crippen MR) is 98.0 cm³/mol. The van der Waals surface area contributed by atoms with E-state index in [4.69, 9.17) is 0 Å². The Hall–Kier alpha value is -1.45. The largest absolute Gasteiger partial charge is 0.391 e. The van der Waals surface area contributed by atoms with E-state index in [0.29, 0.717) is 12.8 Å². The summed E-state index contributed by atoms with van der Waals surface area (Å²) in [5.41, 5.74) is 0. The molecule has 2 saturated carbocycles. The zero-order chi connectivity index (χ0) is 20.0. The lowest BCUT2D eigenvalue weighted by molar-refractivity contribution is -0.168. The van der Waals surface area contributed by atoms with Crippen LogP contribution in [0.15, 0.2) is 0 Å². The number of thioether (sulfide) groups is 1. The Kier molecular flexibility index (Phi) is 4.00. The van der Waals surface area contributed by atoms with E-state index in [2.05, 4.69) is 0 Å². The number of fused-ring (bicyclic) bond motifs is 6. The monoisotopic (exact) mass is 408 g/mol. The topological polar surface area (TPSA) is 115 Å². The molecule has 0 aromatic heterocycles. The minimum Gasteiger partial charge on any atom is -0.391 e. The number of aliphatic hydroxyl groups excluding tert-OH is 2. The van der Waals surface area contributed by atoms with E-state index in [1.54, 1.807) is 6.26 Å². The Bertz CT molecular complexity index is 788. The van der Waals surface area contributed by atoms with Crippen molar-refractivity contribution >= 4 is 35.1 Å². The average molecular weight is 408 g/mol. The molecular formula is C19H24N2O6S. The highest BCUT2D eigenvalue weighted by molar-refractivity contribution is 8.00. The summed E-state index contributed by atoms with van der Waals surface area (Å²) in [7, 11) is 0. The Morgan fingerprint density at radius 2 is 1.57 bits per heavy atom. The van der Waals surface area contributed by atoms with E-state index in [9.17, 15) is 29.4 Å². The van der Waals surface area contributed by atoms with E-state index in [1.807, 2.05) is 0 Å². The molecule has 2 amide bonds. The van der Waals surface area contributed by atoms with E-state index in [0.717, 1.165) is 0 Å². The SMILES string of the molecule is CS[C@@]12C[C@H]3C(=O)CC[C@H](O)[C@H]3N1C(=O)[C@@H]1C[C@@H]3C(=O)CC[C@H](O)[C@H]3N1C2=O. The third kappa shape index (κ3) is 2.10. The molecule has 28 heavy (non-hydrogen) atoms. The summed E-state index contributed by atoms with van der Waals surface area (Å²) < 4.78 is 0.